The molecule has 3 heteroatoms. The van der Waals surface area contributed by atoms with E-state index >= 15 is 0 Å². The average Bonchev–Trinajstić information content (AvgIpc) is 2.31. The van der Waals surface area contributed by atoms with Gasteiger partial charge < -0.3 is 15.3 Å². The van der Waals surface area contributed by atoms with Crippen LogP contribution >= 0.6 is 0 Å². The smallest absolute Gasteiger partial charge is 0.0823 e. The lowest BCUT2D eigenvalue weighted by Crippen LogP contribution is -2.29. The molecule has 0 spiro atoms. The van der Waals surface area contributed by atoms with Gasteiger partial charge >= 0.3 is 0 Å². The van der Waals surface area contributed by atoms with E-state index in [4.69, 9.17) is 5.11 Å². The summed E-state index contributed by atoms with van der Waals surface area (Å²) in [5.41, 5.74) is 0. The van der Waals surface area contributed by atoms with Gasteiger partial charge in [0, 0.05) is 6.42 Å². The normalized spacial score (nSPS) is 16.5. The van der Waals surface area contributed by atoms with Gasteiger partial charge in [-0.05, 0) is 13.3 Å². The molecule has 0 aromatic heterocycles. The van der Waals surface area contributed by atoms with Crippen molar-refractivity contribution in [3.63, 3.8) is 0 Å². The van der Waals surface area contributed by atoms with Crippen molar-refractivity contribution >= 4 is 0 Å². The number of hydrogen-bond donors (Lipinski definition) is 3. The Hall–Kier alpha value is -0.120. The molecule has 0 heterocycles. The Morgan fingerprint density at radius 2 is 1.22 bits per heavy atom. The van der Waals surface area contributed by atoms with Gasteiger partial charge in [-0.3, -0.25) is 0 Å². The summed E-state index contributed by atoms with van der Waals surface area (Å²) >= 11 is 0. The van der Waals surface area contributed by atoms with E-state index in [0.29, 0.717) is 6.42 Å². The number of aliphatic hydroxyl groups excluding tert-OH is 3. The van der Waals surface area contributed by atoms with Crippen molar-refractivity contribution in [2.24, 2.45) is 0 Å². The summed E-state index contributed by atoms with van der Waals surface area (Å²) in [4.78, 5) is 0. The fourth-order valence-corrected chi connectivity index (χ4v) is 2.19. The van der Waals surface area contributed by atoms with Crippen molar-refractivity contribution in [3.8, 4) is 0 Å². The SMILES string of the molecule is CCCCCCCCCCC(O)C(O)CC(C)O. The maximum Gasteiger partial charge on any atom is 0.0823 e. The fraction of sp³-hybridized carbons (Fsp3) is 1.00. The van der Waals surface area contributed by atoms with Gasteiger partial charge in [-0.2, -0.15) is 0 Å². The van der Waals surface area contributed by atoms with E-state index in [1.165, 1.54) is 38.5 Å². The van der Waals surface area contributed by atoms with E-state index in [-0.39, 0.29) is 6.42 Å². The van der Waals surface area contributed by atoms with Crippen molar-refractivity contribution in [2.75, 3.05) is 0 Å². The predicted molar refractivity (Wildman–Crippen MR) is 75.5 cm³/mol. The van der Waals surface area contributed by atoms with Crippen LogP contribution < -0.4 is 0 Å². The minimum Gasteiger partial charge on any atom is -0.393 e. The van der Waals surface area contributed by atoms with Crippen molar-refractivity contribution < 1.29 is 15.3 Å². The van der Waals surface area contributed by atoms with Crippen LogP contribution in [0, 0.1) is 0 Å². The Morgan fingerprint density at radius 1 is 0.722 bits per heavy atom. The molecule has 110 valence electrons. The lowest BCUT2D eigenvalue weighted by atomic mass is 10.0. The third kappa shape index (κ3) is 11.0. The zero-order chi connectivity index (χ0) is 13.8. The van der Waals surface area contributed by atoms with Gasteiger partial charge in [-0.25, -0.2) is 0 Å². The van der Waals surface area contributed by atoms with Crippen LogP contribution in [0.1, 0.15) is 78.1 Å². The summed E-state index contributed by atoms with van der Waals surface area (Å²) in [5.74, 6) is 0. The molecule has 3 N–H and O–H groups in total. The van der Waals surface area contributed by atoms with Crippen LogP contribution in [0.15, 0.2) is 0 Å². The first-order valence-electron chi connectivity index (χ1n) is 7.62. The highest BCUT2D eigenvalue weighted by molar-refractivity contribution is 4.69. The molecule has 0 saturated heterocycles. The highest BCUT2D eigenvalue weighted by Gasteiger charge is 2.17. The number of aliphatic hydroxyl groups is 3. The fourth-order valence-electron chi connectivity index (χ4n) is 2.19. The van der Waals surface area contributed by atoms with Gasteiger partial charge in [0.25, 0.3) is 0 Å². The lowest BCUT2D eigenvalue weighted by Gasteiger charge is -2.18. The van der Waals surface area contributed by atoms with Crippen LogP contribution in [0.4, 0.5) is 0 Å². The standard InChI is InChI=1S/C15H32O3/c1-3-4-5-6-7-8-9-10-11-14(17)15(18)12-13(2)16/h13-18H,3-12H2,1-2H3. The molecule has 0 aliphatic heterocycles. The maximum atomic E-state index is 9.68. The van der Waals surface area contributed by atoms with Crippen LogP contribution in [0.25, 0.3) is 0 Å². The Bertz CT molecular complexity index is 171. The van der Waals surface area contributed by atoms with Gasteiger partial charge in [0.1, 0.15) is 0 Å². The molecule has 3 nitrogen and oxygen atoms in total. The Labute approximate surface area is 112 Å². The molecule has 0 rings (SSSR count). The van der Waals surface area contributed by atoms with E-state index in [2.05, 4.69) is 6.92 Å². The van der Waals surface area contributed by atoms with Gasteiger partial charge in [0.15, 0.2) is 0 Å². The highest BCUT2D eigenvalue weighted by atomic mass is 16.3. The minimum atomic E-state index is -0.783. The first-order valence-corrected chi connectivity index (χ1v) is 7.62. The summed E-state index contributed by atoms with van der Waals surface area (Å²) in [5, 5.41) is 28.4. The second-order valence-corrected chi connectivity index (χ2v) is 5.48. The number of unbranched alkanes of at least 4 members (excludes halogenated alkanes) is 7. The van der Waals surface area contributed by atoms with E-state index < -0.39 is 18.3 Å². The maximum absolute atomic E-state index is 9.68. The third-order valence-electron chi connectivity index (χ3n) is 3.38. The molecule has 0 bridgehead atoms. The topological polar surface area (TPSA) is 60.7 Å². The van der Waals surface area contributed by atoms with Gasteiger partial charge in [0.05, 0.1) is 18.3 Å². The molecule has 0 aromatic carbocycles. The van der Waals surface area contributed by atoms with Crippen molar-refractivity contribution in [1.82, 2.24) is 0 Å². The lowest BCUT2D eigenvalue weighted by molar-refractivity contribution is -0.0133. The van der Waals surface area contributed by atoms with Gasteiger partial charge in [-0.1, -0.05) is 58.3 Å². The Balaban J connectivity index is 3.32. The Morgan fingerprint density at radius 3 is 1.72 bits per heavy atom. The molecule has 0 aliphatic carbocycles. The zero-order valence-corrected chi connectivity index (χ0v) is 12.1. The predicted octanol–water partition coefficient (Wildman–Crippen LogP) is 3.01. The molecular weight excluding hydrogens is 228 g/mol. The first kappa shape index (κ1) is 17.9. The van der Waals surface area contributed by atoms with Gasteiger partial charge in [0.2, 0.25) is 0 Å². The molecule has 0 amide bonds. The zero-order valence-electron chi connectivity index (χ0n) is 12.1. The summed E-state index contributed by atoms with van der Waals surface area (Å²) in [6.45, 7) is 3.85. The number of hydrogen-bond acceptors (Lipinski definition) is 3. The minimum absolute atomic E-state index is 0.262. The van der Waals surface area contributed by atoms with E-state index in [1.54, 1.807) is 6.92 Å². The second kappa shape index (κ2) is 11.9. The van der Waals surface area contributed by atoms with Crippen LogP contribution in [-0.4, -0.2) is 33.6 Å². The van der Waals surface area contributed by atoms with E-state index in [0.717, 1.165) is 12.8 Å². The summed E-state index contributed by atoms with van der Waals surface area (Å²) < 4.78 is 0. The molecule has 0 radical (unpaired) electrons. The van der Waals surface area contributed by atoms with Crippen molar-refractivity contribution in [3.05, 3.63) is 0 Å². The molecule has 0 aliphatic rings. The van der Waals surface area contributed by atoms with Crippen LogP contribution in [0.2, 0.25) is 0 Å². The molecular formula is C15H32O3. The molecule has 0 fully saturated rings. The molecule has 18 heavy (non-hydrogen) atoms. The third-order valence-corrected chi connectivity index (χ3v) is 3.38. The van der Waals surface area contributed by atoms with Crippen LogP contribution in [-0.2, 0) is 0 Å². The summed E-state index contributed by atoms with van der Waals surface area (Å²) in [6.07, 6.45) is 8.78. The molecule has 0 aromatic rings. The highest BCUT2D eigenvalue weighted by Crippen LogP contribution is 2.13. The monoisotopic (exact) mass is 260 g/mol. The average molecular weight is 260 g/mol. The summed E-state index contributed by atoms with van der Waals surface area (Å²) in [6, 6.07) is 0. The number of rotatable bonds is 12. The van der Waals surface area contributed by atoms with Crippen LogP contribution in [0.5, 0.6) is 0 Å². The van der Waals surface area contributed by atoms with E-state index in [9.17, 15) is 10.2 Å². The molecule has 0 saturated carbocycles. The van der Waals surface area contributed by atoms with Crippen LogP contribution in [0.3, 0.4) is 0 Å². The molecule has 3 atom stereocenters. The first-order chi connectivity index (χ1) is 8.57. The van der Waals surface area contributed by atoms with Gasteiger partial charge in [-0.15, -0.1) is 0 Å². The summed E-state index contributed by atoms with van der Waals surface area (Å²) in [7, 11) is 0. The second-order valence-electron chi connectivity index (χ2n) is 5.48. The quantitative estimate of drug-likeness (QED) is 0.473. The van der Waals surface area contributed by atoms with Crippen molar-refractivity contribution in [2.45, 2.75) is 96.4 Å². The van der Waals surface area contributed by atoms with Crippen molar-refractivity contribution in [1.29, 1.82) is 0 Å². The Kier molecular flexibility index (Phi) is 11.9. The van der Waals surface area contributed by atoms with E-state index in [1.807, 2.05) is 0 Å². The largest absolute Gasteiger partial charge is 0.393 e. The molecule has 3 unspecified atom stereocenters.